The first kappa shape index (κ1) is 15.3. The van der Waals surface area contributed by atoms with Gasteiger partial charge in [0.1, 0.15) is 18.5 Å². The van der Waals surface area contributed by atoms with Crippen molar-refractivity contribution >= 4 is 0 Å². The lowest BCUT2D eigenvalue weighted by molar-refractivity contribution is 0.0942. The summed E-state index contributed by atoms with van der Waals surface area (Å²) in [5.74, 6) is 0.809. The summed E-state index contributed by atoms with van der Waals surface area (Å²) in [6.07, 6.45) is 3.28. The molecule has 2 rings (SSSR count). The molecule has 1 fully saturated rings. The maximum Gasteiger partial charge on any atom is 0.119 e. The molecule has 2 unspecified atom stereocenters. The van der Waals surface area contributed by atoms with Crippen LogP contribution in [0.15, 0.2) is 24.3 Å². The Morgan fingerprint density at radius 1 is 1.50 bits per heavy atom. The second-order valence-electron chi connectivity index (χ2n) is 5.41. The average molecular weight is 279 g/mol. The van der Waals surface area contributed by atoms with Crippen molar-refractivity contribution in [3.63, 3.8) is 0 Å². The fraction of sp³-hybridized carbons (Fsp3) is 0.625. The lowest BCUT2D eigenvalue weighted by Crippen LogP contribution is -2.33. The van der Waals surface area contributed by atoms with Crippen LogP contribution in [-0.4, -0.2) is 43.6 Å². The number of hydrogen-bond donors (Lipinski definition) is 2. The van der Waals surface area contributed by atoms with E-state index in [4.69, 9.17) is 9.47 Å². The zero-order valence-electron chi connectivity index (χ0n) is 12.2. The SMILES string of the molecule is Cc1cccc(OCC(O)CNCCC2CCCO2)c1. The van der Waals surface area contributed by atoms with Crippen molar-refractivity contribution in [1.82, 2.24) is 5.32 Å². The normalized spacial score (nSPS) is 20.0. The summed E-state index contributed by atoms with van der Waals surface area (Å²) in [4.78, 5) is 0. The first-order valence-corrected chi connectivity index (χ1v) is 7.44. The Balaban J connectivity index is 1.54. The number of aryl methyl sites for hydroxylation is 1. The van der Waals surface area contributed by atoms with Gasteiger partial charge in [-0.3, -0.25) is 0 Å². The molecule has 2 atom stereocenters. The van der Waals surface area contributed by atoms with Gasteiger partial charge >= 0.3 is 0 Å². The van der Waals surface area contributed by atoms with E-state index < -0.39 is 6.10 Å². The van der Waals surface area contributed by atoms with E-state index in [9.17, 15) is 5.11 Å². The van der Waals surface area contributed by atoms with E-state index in [-0.39, 0.29) is 0 Å². The van der Waals surface area contributed by atoms with E-state index in [2.05, 4.69) is 5.32 Å². The lowest BCUT2D eigenvalue weighted by Gasteiger charge is -2.14. The topological polar surface area (TPSA) is 50.7 Å². The molecule has 1 aliphatic rings. The van der Waals surface area contributed by atoms with Crippen LogP contribution in [0.4, 0.5) is 0 Å². The molecular formula is C16H25NO3. The fourth-order valence-corrected chi connectivity index (χ4v) is 2.36. The number of ether oxygens (including phenoxy) is 2. The fourth-order valence-electron chi connectivity index (χ4n) is 2.36. The molecule has 20 heavy (non-hydrogen) atoms. The molecule has 0 aromatic heterocycles. The van der Waals surface area contributed by atoms with Gasteiger partial charge in [-0.2, -0.15) is 0 Å². The highest BCUT2D eigenvalue weighted by molar-refractivity contribution is 5.27. The highest BCUT2D eigenvalue weighted by atomic mass is 16.5. The van der Waals surface area contributed by atoms with E-state index in [1.54, 1.807) is 0 Å². The Labute approximate surface area is 121 Å². The van der Waals surface area contributed by atoms with Crippen molar-refractivity contribution in [1.29, 1.82) is 0 Å². The van der Waals surface area contributed by atoms with Crippen LogP contribution in [0.1, 0.15) is 24.8 Å². The zero-order valence-corrected chi connectivity index (χ0v) is 12.2. The van der Waals surface area contributed by atoms with Gasteiger partial charge in [-0.1, -0.05) is 12.1 Å². The first-order valence-electron chi connectivity index (χ1n) is 7.44. The van der Waals surface area contributed by atoms with Crippen LogP contribution >= 0.6 is 0 Å². The van der Waals surface area contributed by atoms with Gasteiger partial charge in [0.2, 0.25) is 0 Å². The molecule has 0 aliphatic carbocycles. The summed E-state index contributed by atoms with van der Waals surface area (Å²) in [6, 6.07) is 7.86. The summed E-state index contributed by atoms with van der Waals surface area (Å²) in [6.45, 7) is 4.68. The van der Waals surface area contributed by atoms with Crippen LogP contribution in [0.3, 0.4) is 0 Å². The van der Waals surface area contributed by atoms with Gasteiger partial charge < -0.3 is 19.9 Å². The molecule has 1 aromatic rings. The Morgan fingerprint density at radius 3 is 3.15 bits per heavy atom. The number of benzene rings is 1. The molecule has 112 valence electrons. The standard InChI is InChI=1S/C16H25NO3/c1-13-4-2-5-16(10-13)20-12-14(18)11-17-8-7-15-6-3-9-19-15/h2,4-5,10,14-15,17-18H,3,6-9,11-12H2,1H3. The van der Waals surface area contributed by atoms with Crippen molar-refractivity contribution in [2.45, 2.75) is 38.4 Å². The summed E-state index contributed by atoms with van der Waals surface area (Å²) in [7, 11) is 0. The number of aliphatic hydroxyl groups is 1. The van der Waals surface area contributed by atoms with Crippen LogP contribution in [0.5, 0.6) is 5.75 Å². The smallest absolute Gasteiger partial charge is 0.119 e. The first-order chi connectivity index (χ1) is 9.74. The van der Waals surface area contributed by atoms with Gasteiger partial charge in [0.05, 0.1) is 6.10 Å². The van der Waals surface area contributed by atoms with Gasteiger partial charge in [-0.15, -0.1) is 0 Å². The average Bonchev–Trinajstić information content (AvgIpc) is 2.95. The predicted molar refractivity (Wildman–Crippen MR) is 79.1 cm³/mol. The van der Waals surface area contributed by atoms with E-state index in [0.29, 0.717) is 19.3 Å². The second-order valence-corrected chi connectivity index (χ2v) is 5.41. The molecule has 1 aromatic carbocycles. The Hall–Kier alpha value is -1.10. The van der Waals surface area contributed by atoms with E-state index in [1.807, 2.05) is 31.2 Å². The maximum absolute atomic E-state index is 9.85. The number of aliphatic hydroxyl groups excluding tert-OH is 1. The summed E-state index contributed by atoms with van der Waals surface area (Å²) in [5, 5.41) is 13.1. The van der Waals surface area contributed by atoms with Gasteiger partial charge in [0.15, 0.2) is 0 Å². The monoisotopic (exact) mass is 279 g/mol. The van der Waals surface area contributed by atoms with Crippen molar-refractivity contribution in [2.75, 3.05) is 26.3 Å². The highest BCUT2D eigenvalue weighted by Gasteiger charge is 2.14. The van der Waals surface area contributed by atoms with E-state index >= 15 is 0 Å². The molecular weight excluding hydrogens is 254 g/mol. The molecule has 4 heteroatoms. The molecule has 1 saturated heterocycles. The molecule has 0 bridgehead atoms. The largest absolute Gasteiger partial charge is 0.491 e. The molecule has 1 aliphatic heterocycles. The minimum atomic E-state index is -0.486. The minimum absolute atomic E-state index is 0.316. The van der Waals surface area contributed by atoms with Crippen molar-refractivity contribution in [2.24, 2.45) is 0 Å². The molecule has 4 nitrogen and oxygen atoms in total. The second kappa shape index (κ2) is 8.25. The lowest BCUT2D eigenvalue weighted by atomic mass is 10.2. The van der Waals surface area contributed by atoms with Crippen molar-refractivity contribution < 1.29 is 14.6 Å². The van der Waals surface area contributed by atoms with Crippen LogP contribution in [-0.2, 0) is 4.74 Å². The molecule has 0 radical (unpaired) electrons. The quantitative estimate of drug-likeness (QED) is 0.714. The molecule has 1 heterocycles. The van der Waals surface area contributed by atoms with E-state index in [0.717, 1.165) is 30.9 Å². The van der Waals surface area contributed by atoms with Gasteiger partial charge in [0.25, 0.3) is 0 Å². The molecule has 0 amide bonds. The number of hydrogen-bond acceptors (Lipinski definition) is 4. The van der Waals surface area contributed by atoms with Crippen LogP contribution in [0, 0.1) is 6.92 Å². The van der Waals surface area contributed by atoms with Crippen molar-refractivity contribution in [3.8, 4) is 5.75 Å². The number of nitrogens with one attached hydrogen (secondary N) is 1. The third kappa shape index (κ3) is 5.49. The predicted octanol–water partition coefficient (Wildman–Crippen LogP) is 1.89. The minimum Gasteiger partial charge on any atom is -0.491 e. The summed E-state index contributed by atoms with van der Waals surface area (Å²) in [5.41, 5.74) is 1.16. The van der Waals surface area contributed by atoms with Gasteiger partial charge in [0, 0.05) is 13.2 Å². The van der Waals surface area contributed by atoms with E-state index in [1.165, 1.54) is 12.8 Å². The Kier molecular flexibility index (Phi) is 6.30. The summed E-state index contributed by atoms with van der Waals surface area (Å²) >= 11 is 0. The zero-order chi connectivity index (χ0) is 14.2. The van der Waals surface area contributed by atoms with Crippen LogP contribution in [0.25, 0.3) is 0 Å². The molecule has 0 saturated carbocycles. The molecule has 0 spiro atoms. The third-order valence-corrected chi connectivity index (χ3v) is 3.48. The molecule has 2 N–H and O–H groups in total. The Bertz CT molecular complexity index is 391. The highest BCUT2D eigenvalue weighted by Crippen LogP contribution is 2.14. The summed E-state index contributed by atoms with van der Waals surface area (Å²) < 4.78 is 11.1. The van der Waals surface area contributed by atoms with Gasteiger partial charge in [-0.25, -0.2) is 0 Å². The maximum atomic E-state index is 9.85. The number of rotatable bonds is 8. The third-order valence-electron chi connectivity index (χ3n) is 3.48. The van der Waals surface area contributed by atoms with Crippen LogP contribution in [0.2, 0.25) is 0 Å². The van der Waals surface area contributed by atoms with Crippen LogP contribution < -0.4 is 10.1 Å². The van der Waals surface area contributed by atoms with Crippen molar-refractivity contribution in [3.05, 3.63) is 29.8 Å². The Morgan fingerprint density at radius 2 is 2.40 bits per heavy atom. The van der Waals surface area contributed by atoms with Gasteiger partial charge in [-0.05, 0) is 50.4 Å².